The highest BCUT2D eigenvalue weighted by Crippen LogP contribution is 2.25. The molecule has 0 aromatic heterocycles. The summed E-state index contributed by atoms with van der Waals surface area (Å²) in [4.78, 5) is 9.02. The van der Waals surface area contributed by atoms with Crippen molar-refractivity contribution in [1.29, 1.82) is 0 Å². The SMILES string of the molecule is C/N=C1/C(/C(C)=C/C=C(\C)Br)=CC=C(/C(C)=C/C=C(\C)Br)/C1=N/C. The summed E-state index contributed by atoms with van der Waals surface area (Å²) < 4.78 is 2.18. The second-order valence-corrected chi connectivity index (χ2v) is 8.01. The smallest absolute Gasteiger partial charge is 0.0903 e. The first kappa shape index (κ1) is 20.8. The molecule has 1 aliphatic carbocycles. The molecule has 0 spiro atoms. The van der Waals surface area contributed by atoms with Crippen molar-refractivity contribution in [1.82, 2.24) is 0 Å². The van der Waals surface area contributed by atoms with Gasteiger partial charge in [-0.15, -0.1) is 0 Å². The van der Waals surface area contributed by atoms with Crippen molar-refractivity contribution in [2.24, 2.45) is 9.98 Å². The van der Waals surface area contributed by atoms with Gasteiger partial charge in [0.2, 0.25) is 0 Å². The summed E-state index contributed by atoms with van der Waals surface area (Å²) in [5, 5.41) is 0. The Morgan fingerprint density at radius 2 is 1.04 bits per heavy atom. The highest BCUT2D eigenvalue weighted by molar-refractivity contribution is 9.12. The molecule has 4 heteroatoms. The molecule has 128 valence electrons. The fraction of sp³-hybridized carbons (Fsp3) is 0.300. The summed E-state index contributed by atoms with van der Waals surface area (Å²) in [6.45, 7) is 8.21. The van der Waals surface area contributed by atoms with Crippen LogP contribution < -0.4 is 0 Å². The minimum Gasteiger partial charge on any atom is -0.286 e. The Bertz CT molecular complexity index is 668. The molecule has 1 rings (SSSR count). The molecule has 0 saturated heterocycles. The Morgan fingerprint density at radius 3 is 1.29 bits per heavy atom. The van der Waals surface area contributed by atoms with Crippen LogP contribution in [0.15, 0.2) is 77.7 Å². The van der Waals surface area contributed by atoms with Gasteiger partial charge in [0.05, 0.1) is 11.4 Å². The minimum absolute atomic E-state index is 0.927. The van der Waals surface area contributed by atoms with E-state index in [1.807, 2.05) is 40.1 Å². The monoisotopic (exact) mass is 450 g/mol. The van der Waals surface area contributed by atoms with E-state index in [1.165, 1.54) is 0 Å². The van der Waals surface area contributed by atoms with Crippen LogP contribution in [-0.2, 0) is 0 Å². The maximum Gasteiger partial charge on any atom is 0.0903 e. The van der Waals surface area contributed by atoms with Crippen molar-refractivity contribution in [2.45, 2.75) is 27.7 Å². The molecule has 0 unspecified atom stereocenters. The fourth-order valence-electron chi connectivity index (χ4n) is 2.33. The highest BCUT2D eigenvalue weighted by atomic mass is 79.9. The van der Waals surface area contributed by atoms with Crippen LogP contribution in [0.4, 0.5) is 0 Å². The van der Waals surface area contributed by atoms with Crippen LogP contribution in [0.1, 0.15) is 27.7 Å². The van der Waals surface area contributed by atoms with Gasteiger partial charge in [-0.05, 0) is 47.8 Å². The van der Waals surface area contributed by atoms with E-state index in [0.29, 0.717) is 0 Å². The van der Waals surface area contributed by atoms with Crippen LogP contribution in [0.25, 0.3) is 0 Å². The molecule has 0 bridgehead atoms. The maximum absolute atomic E-state index is 4.51. The lowest BCUT2D eigenvalue weighted by Gasteiger charge is -2.20. The summed E-state index contributed by atoms with van der Waals surface area (Å²) >= 11 is 6.91. The van der Waals surface area contributed by atoms with Gasteiger partial charge in [0, 0.05) is 25.2 Å². The number of hydrogen-bond acceptors (Lipinski definition) is 2. The third kappa shape index (κ3) is 5.67. The van der Waals surface area contributed by atoms with Gasteiger partial charge in [0.15, 0.2) is 0 Å². The Balaban J connectivity index is 3.42. The Morgan fingerprint density at radius 1 is 0.708 bits per heavy atom. The number of halogens is 2. The third-order valence-electron chi connectivity index (χ3n) is 3.57. The molecule has 0 atom stereocenters. The van der Waals surface area contributed by atoms with Crippen molar-refractivity contribution >= 4 is 43.3 Å². The largest absolute Gasteiger partial charge is 0.286 e. The first-order chi connectivity index (χ1) is 11.3. The normalized spacial score (nSPS) is 21.3. The lowest BCUT2D eigenvalue weighted by Crippen LogP contribution is -2.23. The van der Waals surface area contributed by atoms with Crippen LogP contribution in [0.3, 0.4) is 0 Å². The number of rotatable bonds is 4. The molecule has 0 aliphatic heterocycles. The lowest BCUT2D eigenvalue weighted by atomic mass is 9.86. The molecule has 0 aromatic carbocycles. The van der Waals surface area contributed by atoms with E-state index in [-0.39, 0.29) is 0 Å². The van der Waals surface area contributed by atoms with Gasteiger partial charge in [-0.2, -0.15) is 0 Å². The average Bonchev–Trinajstić information content (AvgIpc) is 2.55. The second-order valence-electron chi connectivity index (χ2n) is 5.51. The number of nitrogens with zero attached hydrogens (tertiary/aromatic N) is 2. The van der Waals surface area contributed by atoms with Crippen LogP contribution >= 0.6 is 31.9 Å². The number of allylic oxidation sites excluding steroid dienone is 12. The molecular formula is C20H24Br2N2. The molecule has 0 aromatic rings. The molecule has 2 nitrogen and oxygen atoms in total. The molecule has 1 aliphatic rings. The summed E-state index contributed by atoms with van der Waals surface area (Å²) in [7, 11) is 3.63. The molecule has 0 saturated carbocycles. The lowest BCUT2D eigenvalue weighted by molar-refractivity contribution is 1.34. The highest BCUT2D eigenvalue weighted by Gasteiger charge is 2.22. The minimum atomic E-state index is 0.927. The van der Waals surface area contributed by atoms with Crippen LogP contribution in [0.5, 0.6) is 0 Å². The Kier molecular flexibility index (Phi) is 8.57. The van der Waals surface area contributed by atoms with Crippen LogP contribution in [-0.4, -0.2) is 25.5 Å². The van der Waals surface area contributed by atoms with E-state index in [2.05, 4.69) is 80.0 Å². The number of aliphatic imine (C=N–C) groups is 2. The molecule has 0 heterocycles. The van der Waals surface area contributed by atoms with E-state index < -0.39 is 0 Å². The maximum atomic E-state index is 4.51. The van der Waals surface area contributed by atoms with Gasteiger partial charge in [0.25, 0.3) is 0 Å². The van der Waals surface area contributed by atoms with E-state index in [4.69, 9.17) is 0 Å². The van der Waals surface area contributed by atoms with Gasteiger partial charge in [0.1, 0.15) is 0 Å². The predicted molar refractivity (Wildman–Crippen MR) is 116 cm³/mol. The first-order valence-electron chi connectivity index (χ1n) is 7.70. The summed E-state index contributed by atoms with van der Waals surface area (Å²) in [5.74, 6) is 0. The molecule has 0 amide bonds. The van der Waals surface area contributed by atoms with Gasteiger partial charge >= 0.3 is 0 Å². The van der Waals surface area contributed by atoms with E-state index >= 15 is 0 Å². The van der Waals surface area contributed by atoms with Crippen molar-refractivity contribution < 1.29 is 0 Å². The first-order valence-corrected chi connectivity index (χ1v) is 9.29. The van der Waals surface area contributed by atoms with Crippen molar-refractivity contribution in [2.75, 3.05) is 14.1 Å². The van der Waals surface area contributed by atoms with E-state index in [1.54, 1.807) is 0 Å². The van der Waals surface area contributed by atoms with Crippen molar-refractivity contribution in [3.8, 4) is 0 Å². The molecule has 0 fully saturated rings. The van der Waals surface area contributed by atoms with Gasteiger partial charge in [-0.3, -0.25) is 9.98 Å². The van der Waals surface area contributed by atoms with Gasteiger partial charge < -0.3 is 0 Å². The van der Waals surface area contributed by atoms with Crippen LogP contribution in [0, 0.1) is 0 Å². The quantitative estimate of drug-likeness (QED) is 0.345. The third-order valence-corrected chi connectivity index (χ3v) is 4.10. The zero-order chi connectivity index (χ0) is 18.3. The fourth-order valence-corrected chi connectivity index (χ4v) is 2.59. The zero-order valence-electron chi connectivity index (χ0n) is 15.1. The van der Waals surface area contributed by atoms with Crippen molar-refractivity contribution in [3.63, 3.8) is 0 Å². The van der Waals surface area contributed by atoms with E-state index in [0.717, 1.165) is 42.7 Å². The summed E-state index contributed by atoms with van der Waals surface area (Å²) in [5.41, 5.74) is 6.37. The Hall–Kier alpha value is -1.26. The summed E-state index contributed by atoms with van der Waals surface area (Å²) in [6, 6.07) is 0. The van der Waals surface area contributed by atoms with Crippen molar-refractivity contribution in [3.05, 3.63) is 67.7 Å². The van der Waals surface area contributed by atoms with Gasteiger partial charge in [-0.25, -0.2) is 0 Å². The second kappa shape index (κ2) is 9.90. The standard InChI is InChI=1S/C20H24Br2N2/c1-13(7-9-15(3)21)17-11-12-18(14(2)8-10-16(4)22)20(24-6)19(17)23-5/h7-12H,1-6H3/b13-7+,14-8+,15-9+,16-10+,23-19-,24-20-. The summed E-state index contributed by atoms with van der Waals surface area (Å²) in [6.07, 6.45) is 12.5. The van der Waals surface area contributed by atoms with E-state index in [9.17, 15) is 0 Å². The van der Waals surface area contributed by atoms with Crippen LogP contribution in [0.2, 0.25) is 0 Å². The molecule has 24 heavy (non-hydrogen) atoms. The Labute approximate surface area is 162 Å². The topological polar surface area (TPSA) is 24.7 Å². The molecule has 0 radical (unpaired) electrons. The average molecular weight is 452 g/mol. The zero-order valence-corrected chi connectivity index (χ0v) is 18.3. The molecule has 0 N–H and O–H groups in total. The number of hydrogen-bond donors (Lipinski definition) is 0. The van der Waals surface area contributed by atoms with Gasteiger partial charge in [-0.1, -0.05) is 68.3 Å². The molecular weight excluding hydrogens is 428 g/mol. The predicted octanol–water partition coefficient (Wildman–Crippen LogP) is 6.48.